The van der Waals surface area contributed by atoms with Gasteiger partial charge in [0.05, 0.1) is 17.8 Å². The zero-order chi connectivity index (χ0) is 14.2. The third-order valence-corrected chi connectivity index (χ3v) is 7.93. The molecule has 1 spiro atoms. The molecule has 1 aliphatic heterocycles. The second-order valence-corrected chi connectivity index (χ2v) is 8.89. The highest BCUT2D eigenvalue weighted by molar-refractivity contribution is 7.90. The maximum atomic E-state index is 12.4. The monoisotopic (exact) mass is 287 g/mol. The molecule has 2 saturated carbocycles. The summed E-state index contributed by atoms with van der Waals surface area (Å²) in [5.41, 5.74) is 5.38. The summed E-state index contributed by atoms with van der Waals surface area (Å²) in [6.45, 7) is 5.89. The molecule has 2 aliphatic carbocycles. The molecule has 0 aromatic rings. The van der Waals surface area contributed by atoms with Crippen LogP contribution in [0.4, 0.5) is 0 Å². The summed E-state index contributed by atoms with van der Waals surface area (Å²) < 4.78 is 26.0. The molecule has 108 valence electrons. The summed E-state index contributed by atoms with van der Waals surface area (Å²) in [6, 6.07) is -0.920. The molecule has 1 heterocycles. The average molecular weight is 287 g/mol. The van der Waals surface area contributed by atoms with Gasteiger partial charge in [0.2, 0.25) is 10.0 Å². The summed E-state index contributed by atoms with van der Waals surface area (Å²) in [5, 5.41) is 0. The molecule has 0 aromatic carbocycles. The van der Waals surface area contributed by atoms with E-state index in [2.05, 4.69) is 13.8 Å². The summed E-state index contributed by atoms with van der Waals surface area (Å²) in [4.78, 5) is 12.2. The van der Waals surface area contributed by atoms with Gasteiger partial charge in [0.1, 0.15) is 0 Å². The predicted molar refractivity (Wildman–Crippen MR) is 71.6 cm³/mol. The van der Waals surface area contributed by atoms with E-state index in [1.165, 1.54) is 0 Å². The Labute approximate surface area is 114 Å². The van der Waals surface area contributed by atoms with Crippen LogP contribution in [0.1, 0.15) is 40.0 Å². The summed E-state index contributed by atoms with van der Waals surface area (Å²) in [5.74, 6) is 0.203. The van der Waals surface area contributed by atoms with Crippen molar-refractivity contribution in [2.75, 3.05) is 5.75 Å². The van der Waals surface area contributed by atoms with Crippen molar-refractivity contribution in [1.29, 1.82) is 0 Å². The number of hydrogen-bond donors (Lipinski definition) is 1. The Balaban J connectivity index is 2.09. The van der Waals surface area contributed by atoms with E-state index in [-0.39, 0.29) is 22.6 Å². The predicted octanol–water partition coefficient (Wildman–Crippen LogP) is 0.700. The molecule has 5 nitrogen and oxygen atoms in total. The first kappa shape index (κ1) is 13.4. The van der Waals surface area contributed by atoms with Crippen molar-refractivity contribution in [3.8, 4) is 0 Å². The molecule has 6 heteroatoms. The largest absolute Gasteiger partial charge is 0.320 e. The van der Waals surface area contributed by atoms with Gasteiger partial charge < -0.3 is 5.73 Å². The quantitative estimate of drug-likeness (QED) is 0.720. The maximum absolute atomic E-state index is 12.4. The van der Waals surface area contributed by atoms with Gasteiger partial charge in [0.15, 0.2) is 0 Å². The molecule has 4 atom stereocenters. The summed E-state index contributed by atoms with van der Waals surface area (Å²) >= 11 is 0. The minimum atomic E-state index is -3.50. The Hall–Kier alpha value is -0.620. The van der Waals surface area contributed by atoms with E-state index in [1.807, 2.05) is 0 Å². The van der Waals surface area contributed by atoms with Gasteiger partial charge in [-0.2, -0.15) is 0 Å². The van der Waals surface area contributed by atoms with Gasteiger partial charge in [-0.15, -0.1) is 0 Å². The number of nitrogens with zero attached hydrogens (tertiary/aromatic N) is 1. The van der Waals surface area contributed by atoms with Gasteiger partial charge in [0, 0.05) is 5.41 Å². The minimum absolute atomic E-state index is 0.00238. The Kier molecular flexibility index (Phi) is 2.48. The highest BCUT2D eigenvalue weighted by Gasteiger charge is 2.72. The fourth-order valence-corrected chi connectivity index (χ4v) is 7.39. The van der Waals surface area contributed by atoms with Crippen LogP contribution in [-0.4, -0.2) is 36.5 Å². The zero-order valence-electron chi connectivity index (χ0n) is 11.7. The molecule has 0 aromatic heterocycles. The molecular weight excluding hydrogens is 265 g/mol. The van der Waals surface area contributed by atoms with Gasteiger partial charge in [-0.25, -0.2) is 12.7 Å². The van der Waals surface area contributed by atoms with Crippen LogP contribution in [0.5, 0.6) is 0 Å². The van der Waals surface area contributed by atoms with Crippen LogP contribution in [-0.2, 0) is 14.8 Å². The van der Waals surface area contributed by atoms with Crippen LogP contribution >= 0.6 is 0 Å². The Morgan fingerprint density at radius 3 is 2.58 bits per heavy atom. The number of amides is 1. The summed E-state index contributed by atoms with van der Waals surface area (Å²) in [6.07, 6.45) is 2.81. The van der Waals surface area contributed by atoms with Crippen molar-refractivity contribution in [1.82, 2.24) is 4.31 Å². The van der Waals surface area contributed by atoms with Crippen molar-refractivity contribution in [2.45, 2.75) is 52.1 Å². The molecule has 3 aliphatic rings. The van der Waals surface area contributed by atoms with Crippen LogP contribution in [0.3, 0.4) is 0 Å². The number of carbonyl (C=O) groups excluding carboxylic acids is 1. The molecule has 19 heavy (non-hydrogen) atoms. The number of sulfonamides is 1. The molecule has 3 fully saturated rings. The molecule has 0 radical (unpaired) electrons. The molecule has 1 saturated heterocycles. The number of rotatable bonds is 1. The lowest BCUT2D eigenvalue weighted by molar-refractivity contribution is -0.130. The Morgan fingerprint density at radius 1 is 1.42 bits per heavy atom. The highest BCUT2D eigenvalue weighted by atomic mass is 32.2. The number of nitrogens with two attached hydrogens (primary N) is 1. The maximum Gasteiger partial charge on any atom is 0.252 e. The van der Waals surface area contributed by atoms with Gasteiger partial charge in [-0.05, 0) is 37.5 Å². The van der Waals surface area contributed by atoms with Gasteiger partial charge >= 0.3 is 0 Å². The van der Waals surface area contributed by atoms with E-state index < -0.39 is 22.0 Å². The highest BCUT2D eigenvalue weighted by Crippen LogP contribution is 2.69. The standard InChI is InChI=1S/C13H22N2O3S/c1-8(14)11(16)15-10-6-9-4-5-13(10,12(9,2)3)7-19(15,17)18/h8-10H,4-7,14H2,1-3H3/t8-,9-,10-,13-/m0/s1/i14+1. The van der Waals surface area contributed by atoms with Gasteiger partial charge in [0.25, 0.3) is 5.91 Å². The van der Waals surface area contributed by atoms with Crippen LogP contribution in [0.15, 0.2) is 0 Å². The Bertz CT molecular complexity index is 540. The van der Waals surface area contributed by atoms with Crippen molar-refractivity contribution >= 4 is 15.9 Å². The van der Waals surface area contributed by atoms with Crippen LogP contribution in [0.2, 0.25) is 0 Å². The molecular formula is C13H22N2O3S. The molecule has 0 unspecified atom stereocenters. The first-order chi connectivity index (χ1) is 8.63. The first-order valence-corrected chi connectivity index (χ1v) is 8.56. The SMILES string of the molecule is C[C@H]([15NH2])C(=O)N1[C@H]2C[C@@H]3CC[C@@]2(CS1(=O)=O)C3(C)C. The van der Waals surface area contributed by atoms with E-state index >= 15 is 0 Å². The first-order valence-electron chi connectivity index (χ1n) is 6.95. The lowest BCUT2D eigenvalue weighted by atomic mass is 9.69. The van der Waals surface area contributed by atoms with Gasteiger partial charge in [-0.1, -0.05) is 13.8 Å². The normalized spacial score (nSPS) is 43.3. The fraction of sp³-hybridized carbons (Fsp3) is 0.923. The second kappa shape index (κ2) is 3.52. The average Bonchev–Trinajstić information content (AvgIpc) is 2.74. The van der Waals surface area contributed by atoms with E-state index in [1.54, 1.807) is 6.92 Å². The van der Waals surface area contributed by atoms with E-state index in [0.717, 1.165) is 23.6 Å². The smallest absolute Gasteiger partial charge is 0.252 e. The van der Waals surface area contributed by atoms with Crippen LogP contribution < -0.4 is 5.73 Å². The minimum Gasteiger partial charge on any atom is -0.320 e. The summed E-state index contributed by atoms with van der Waals surface area (Å²) in [7, 11) is -3.50. The third kappa shape index (κ3) is 1.39. The van der Waals surface area contributed by atoms with Crippen molar-refractivity contribution in [2.24, 2.45) is 22.5 Å². The van der Waals surface area contributed by atoms with Crippen molar-refractivity contribution < 1.29 is 13.2 Å². The Morgan fingerprint density at radius 2 is 2.05 bits per heavy atom. The molecule has 2 bridgehead atoms. The number of carbonyl (C=O) groups is 1. The lowest BCUT2D eigenvalue weighted by Crippen LogP contribution is -2.49. The second-order valence-electron chi connectivity index (χ2n) is 7.04. The van der Waals surface area contributed by atoms with E-state index in [0.29, 0.717) is 5.92 Å². The molecule has 3 rings (SSSR count). The van der Waals surface area contributed by atoms with Gasteiger partial charge in [-0.3, -0.25) is 4.79 Å². The molecule has 2 N–H and O–H groups in total. The third-order valence-electron chi connectivity index (χ3n) is 6.02. The van der Waals surface area contributed by atoms with E-state index in [4.69, 9.17) is 5.73 Å². The topological polar surface area (TPSA) is 80.5 Å². The van der Waals surface area contributed by atoms with Crippen LogP contribution in [0.25, 0.3) is 0 Å². The van der Waals surface area contributed by atoms with Crippen molar-refractivity contribution in [3.05, 3.63) is 0 Å². The lowest BCUT2D eigenvalue weighted by Gasteiger charge is -2.37. The van der Waals surface area contributed by atoms with Crippen LogP contribution in [0, 0.1) is 16.7 Å². The zero-order valence-corrected chi connectivity index (χ0v) is 12.5. The van der Waals surface area contributed by atoms with E-state index in [9.17, 15) is 13.2 Å². The number of fused-ring (bicyclic) bond motifs is 1. The fourth-order valence-electron chi connectivity index (χ4n) is 4.78. The molecule has 1 amide bonds. The van der Waals surface area contributed by atoms with Crippen molar-refractivity contribution in [3.63, 3.8) is 0 Å². The number of hydrogen-bond acceptors (Lipinski definition) is 4.